The molecule has 3 aromatic heterocycles. The van der Waals surface area contributed by atoms with Crippen molar-refractivity contribution < 1.29 is 32.7 Å². The summed E-state index contributed by atoms with van der Waals surface area (Å²) in [6.45, 7) is 0. The van der Waals surface area contributed by atoms with Crippen molar-refractivity contribution in [2.24, 2.45) is 0 Å². The molecule has 0 bridgehead atoms. The van der Waals surface area contributed by atoms with Gasteiger partial charge >= 0.3 is 0 Å². The molecule has 1 radical (unpaired) electrons. The van der Waals surface area contributed by atoms with E-state index in [1.54, 1.807) is 0 Å². The van der Waals surface area contributed by atoms with E-state index >= 15 is 0 Å². The fourth-order valence-electron chi connectivity index (χ4n) is 8.17. The van der Waals surface area contributed by atoms with E-state index in [-0.39, 0.29) is 32.7 Å². The number of hydrogen-bond acceptors (Lipinski definition) is 3. The molecule has 0 saturated heterocycles. The van der Waals surface area contributed by atoms with E-state index < -0.39 is 0 Å². The van der Waals surface area contributed by atoms with Gasteiger partial charge in [0.25, 0.3) is 0 Å². The molecule has 8 aromatic carbocycles. The SMILES string of the molecule is [Y].[c-]1ccccc1-c1[c-]cc(-n2c3ccccc3c3ccccc32)c(-c2nc(-c3ccccc3)nc(-c3ccccc3)n2)c1-n1c2ccccc2c2ccccc21. The molecule has 0 spiro atoms. The van der Waals surface area contributed by atoms with E-state index in [2.05, 4.69) is 161 Å². The first-order valence-electron chi connectivity index (χ1n) is 18.7. The maximum absolute atomic E-state index is 5.42. The van der Waals surface area contributed by atoms with Gasteiger partial charge in [-0.2, -0.15) is 30.3 Å². The standard InChI is InChI=1S/C51H31N5.Y/c1-4-18-34(19-5-1)37-32-33-46(55-42-28-14-10-24-38(42)39-25-11-15-29-43(39)55)47(48(37)56-44-30-16-12-26-40(44)41-27-13-17-31-45(41)56)51-53-49(35-20-6-2-7-21-35)52-50(54-51)36-22-8-3-9-23-36;/h1-18,20-31,33H;/q-2;. The minimum absolute atomic E-state index is 0. The molecule has 0 amide bonds. The molecule has 3 heterocycles. The predicted octanol–water partition coefficient (Wildman–Crippen LogP) is 12.3. The van der Waals surface area contributed by atoms with Crippen LogP contribution in [0.5, 0.6) is 0 Å². The summed E-state index contributed by atoms with van der Waals surface area (Å²) >= 11 is 0. The van der Waals surface area contributed by atoms with E-state index in [0.717, 1.165) is 72.0 Å². The van der Waals surface area contributed by atoms with Crippen LogP contribution in [-0.2, 0) is 32.7 Å². The van der Waals surface area contributed by atoms with Gasteiger partial charge in [0.2, 0.25) is 0 Å². The molecule has 5 nitrogen and oxygen atoms in total. The number of nitrogens with zero attached hydrogens (tertiary/aromatic N) is 5. The monoisotopic (exact) mass is 802 g/mol. The van der Waals surface area contributed by atoms with Crippen LogP contribution in [0.2, 0.25) is 0 Å². The average Bonchev–Trinajstić information content (AvgIpc) is 3.79. The summed E-state index contributed by atoms with van der Waals surface area (Å²) < 4.78 is 4.72. The first-order valence-corrected chi connectivity index (χ1v) is 18.7. The number of rotatable bonds is 6. The molecule has 0 aliphatic carbocycles. The Labute approximate surface area is 354 Å². The normalized spacial score (nSPS) is 11.4. The largest absolute Gasteiger partial charge is 0.359 e. The van der Waals surface area contributed by atoms with Crippen molar-refractivity contribution in [2.45, 2.75) is 0 Å². The van der Waals surface area contributed by atoms with Crippen LogP contribution < -0.4 is 0 Å². The van der Waals surface area contributed by atoms with Crippen LogP contribution in [-0.4, -0.2) is 24.1 Å². The Hall–Kier alpha value is -6.53. The van der Waals surface area contributed by atoms with E-state index in [0.29, 0.717) is 17.5 Å². The van der Waals surface area contributed by atoms with Crippen LogP contribution in [0.4, 0.5) is 0 Å². The van der Waals surface area contributed by atoms with Gasteiger partial charge in [-0.15, -0.1) is 12.1 Å². The van der Waals surface area contributed by atoms with Crippen molar-refractivity contribution in [3.05, 3.63) is 200 Å². The van der Waals surface area contributed by atoms with Gasteiger partial charge in [-0.1, -0.05) is 139 Å². The van der Waals surface area contributed by atoms with Crippen LogP contribution in [0.3, 0.4) is 0 Å². The van der Waals surface area contributed by atoms with Gasteiger partial charge in [-0.3, -0.25) is 0 Å². The van der Waals surface area contributed by atoms with Crippen molar-refractivity contribution in [3.8, 4) is 56.7 Å². The smallest absolute Gasteiger partial charge is 0.164 e. The molecule has 6 heteroatoms. The molecule has 0 N–H and O–H groups in total. The Balaban J connectivity index is 0.00000396. The summed E-state index contributed by atoms with van der Waals surface area (Å²) in [7, 11) is 0. The minimum atomic E-state index is 0. The molecule has 11 rings (SSSR count). The zero-order chi connectivity index (χ0) is 37.0. The maximum Gasteiger partial charge on any atom is 0.164 e. The molecule has 0 saturated carbocycles. The molecular formula is C51H31N5Y-2. The summed E-state index contributed by atoms with van der Waals surface area (Å²) in [6, 6.07) is 72.3. The van der Waals surface area contributed by atoms with Gasteiger partial charge < -0.3 is 9.13 Å². The summed E-state index contributed by atoms with van der Waals surface area (Å²) in [6.07, 6.45) is 0. The zero-order valence-electron chi connectivity index (χ0n) is 30.7. The summed E-state index contributed by atoms with van der Waals surface area (Å²) in [5, 5.41) is 4.65. The maximum atomic E-state index is 5.42. The Bertz CT molecular complexity index is 3080. The van der Waals surface area contributed by atoms with Gasteiger partial charge in [-0.05, 0) is 35.5 Å². The topological polar surface area (TPSA) is 48.5 Å². The second kappa shape index (κ2) is 14.5. The fourth-order valence-corrected chi connectivity index (χ4v) is 8.17. The summed E-state index contributed by atoms with van der Waals surface area (Å²) in [5.74, 6) is 1.74. The molecule has 0 aliphatic heterocycles. The van der Waals surface area contributed by atoms with E-state index in [4.69, 9.17) is 15.0 Å². The van der Waals surface area contributed by atoms with Crippen LogP contribution in [0.1, 0.15) is 0 Å². The van der Waals surface area contributed by atoms with Crippen molar-refractivity contribution >= 4 is 43.6 Å². The van der Waals surface area contributed by atoms with Gasteiger partial charge in [0.1, 0.15) is 5.82 Å². The molecule has 0 fully saturated rings. The third-order valence-corrected chi connectivity index (χ3v) is 10.6. The fraction of sp³-hybridized carbons (Fsp3) is 0. The van der Waals surface area contributed by atoms with Gasteiger partial charge in [0.15, 0.2) is 11.6 Å². The number of fused-ring (bicyclic) bond motifs is 6. The molecule has 265 valence electrons. The van der Waals surface area contributed by atoms with Crippen molar-refractivity contribution in [1.82, 2.24) is 24.1 Å². The third kappa shape index (κ3) is 5.82. The Morgan fingerprint density at radius 3 is 1.28 bits per heavy atom. The van der Waals surface area contributed by atoms with Gasteiger partial charge in [-0.25, -0.2) is 26.1 Å². The van der Waals surface area contributed by atoms with Crippen molar-refractivity contribution in [2.75, 3.05) is 0 Å². The number of aromatic nitrogens is 5. The Morgan fingerprint density at radius 2 is 0.807 bits per heavy atom. The first kappa shape index (κ1) is 34.9. The first-order chi connectivity index (χ1) is 27.8. The zero-order valence-corrected chi connectivity index (χ0v) is 33.5. The summed E-state index contributed by atoms with van der Waals surface area (Å²) in [5.41, 5.74) is 10.6. The van der Waals surface area contributed by atoms with Gasteiger partial charge in [0, 0.05) is 87.4 Å². The summed E-state index contributed by atoms with van der Waals surface area (Å²) in [4.78, 5) is 16.0. The Kier molecular flexibility index (Phi) is 8.90. The number of hydrogen-bond donors (Lipinski definition) is 0. The van der Waals surface area contributed by atoms with E-state index in [1.165, 1.54) is 10.8 Å². The predicted molar refractivity (Wildman–Crippen MR) is 228 cm³/mol. The second-order valence-electron chi connectivity index (χ2n) is 13.8. The van der Waals surface area contributed by atoms with E-state index in [9.17, 15) is 0 Å². The molecule has 0 unspecified atom stereocenters. The Morgan fingerprint density at radius 1 is 0.386 bits per heavy atom. The molecule has 0 aliphatic rings. The van der Waals surface area contributed by atoms with Crippen molar-refractivity contribution in [1.29, 1.82) is 0 Å². The van der Waals surface area contributed by atoms with Crippen LogP contribution in [0, 0.1) is 12.1 Å². The van der Waals surface area contributed by atoms with Gasteiger partial charge in [0.05, 0.1) is 0 Å². The average molecular weight is 803 g/mol. The number of benzene rings is 8. The molecular weight excluding hydrogens is 772 g/mol. The van der Waals surface area contributed by atoms with Crippen LogP contribution in [0.25, 0.3) is 100 Å². The quantitative estimate of drug-likeness (QED) is 0.157. The molecule has 11 aromatic rings. The third-order valence-electron chi connectivity index (χ3n) is 10.6. The van der Waals surface area contributed by atoms with Crippen LogP contribution in [0.15, 0.2) is 188 Å². The number of para-hydroxylation sites is 4. The van der Waals surface area contributed by atoms with Crippen molar-refractivity contribution in [3.63, 3.8) is 0 Å². The van der Waals surface area contributed by atoms with Crippen LogP contribution >= 0.6 is 0 Å². The minimum Gasteiger partial charge on any atom is -0.359 e. The van der Waals surface area contributed by atoms with E-state index in [1.807, 2.05) is 48.5 Å². The molecule has 57 heavy (non-hydrogen) atoms. The second-order valence-corrected chi connectivity index (χ2v) is 13.8. The molecule has 0 atom stereocenters.